The van der Waals surface area contributed by atoms with Gasteiger partial charge in [0.1, 0.15) is 6.07 Å². The molecule has 0 fully saturated rings. The lowest BCUT2D eigenvalue weighted by Gasteiger charge is -2.15. The quantitative estimate of drug-likeness (QED) is 0.630. The Morgan fingerprint density at radius 1 is 1.50 bits per heavy atom. The lowest BCUT2D eigenvalue weighted by Crippen LogP contribution is -2.05. The molecule has 0 spiro atoms. The summed E-state index contributed by atoms with van der Waals surface area (Å²) in [6.45, 7) is 3.21. The van der Waals surface area contributed by atoms with Crippen molar-refractivity contribution in [2.75, 3.05) is 13.2 Å². The smallest absolute Gasteiger partial charge is 0.306 e. The van der Waals surface area contributed by atoms with Gasteiger partial charge in [-0.15, -0.1) is 0 Å². The molecule has 0 radical (unpaired) electrons. The highest BCUT2D eigenvalue weighted by Gasteiger charge is 2.35. The van der Waals surface area contributed by atoms with E-state index in [0.717, 1.165) is 0 Å². The van der Waals surface area contributed by atoms with E-state index in [2.05, 4.69) is 9.05 Å². The zero-order valence-corrected chi connectivity index (χ0v) is 7.88. The van der Waals surface area contributed by atoms with Crippen LogP contribution in [0.15, 0.2) is 0 Å². The van der Waals surface area contributed by atoms with Crippen LogP contribution in [0, 0.1) is 11.3 Å². The average Bonchev–Trinajstić information content (AvgIpc) is 2.04. The first kappa shape index (κ1) is 11.6. The monoisotopic (exact) mass is 195 g/mol. The molecule has 0 rings (SSSR count). The summed E-state index contributed by atoms with van der Waals surface area (Å²) in [4.78, 5) is 0. The van der Waals surface area contributed by atoms with Gasteiger partial charge < -0.3 is 9.05 Å². The zero-order chi connectivity index (χ0) is 9.61. The molecule has 1 atom stereocenters. The lowest BCUT2D eigenvalue weighted by atomic mass is 10.9. The highest BCUT2D eigenvalue weighted by molar-refractivity contribution is 7.54. The van der Waals surface area contributed by atoms with Crippen molar-refractivity contribution in [3.8, 4) is 6.07 Å². The van der Waals surface area contributed by atoms with Gasteiger partial charge in [-0.25, -0.2) is 4.39 Å². The van der Waals surface area contributed by atoms with Crippen LogP contribution in [0.4, 0.5) is 4.39 Å². The molecule has 70 valence electrons. The third-order valence-electron chi connectivity index (χ3n) is 1.00. The van der Waals surface area contributed by atoms with Crippen LogP contribution in [0.1, 0.15) is 13.8 Å². The van der Waals surface area contributed by atoms with Crippen molar-refractivity contribution in [3.63, 3.8) is 0 Å². The van der Waals surface area contributed by atoms with E-state index < -0.39 is 13.5 Å². The van der Waals surface area contributed by atoms with E-state index in [1.54, 1.807) is 13.8 Å². The van der Waals surface area contributed by atoms with Gasteiger partial charge in [0.05, 0.1) is 13.2 Å². The number of alkyl halides is 1. The first-order chi connectivity index (χ1) is 5.60. The van der Waals surface area contributed by atoms with E-state index in [4.69, 9.17) is 5.26 Å². The van der Waals surface area contributed by atoms with Crippen LogP contribution in [0.25, 0.3) is 0 Å². The molecular formula is C6H11FNO3P. The van der Waals surface area contributed by atoms with E-state index in [1.807, 2.05) is 0 Å². The Morgan fingerprint density at radius 2 is 1.92 bits per heavy atom. The van der Waals surface area contributed by atoms with Gasteiger partial charge in [-0.05, 0) is 13.8 Å². The number of halogens is 1. The Balaban J connectivity index is 4.40. The van der Waals surface area contributed by atoms with Gasteiger partial charge in [0.2, 0.25) is 0 Å². The van der Waals surface area contributed by atoms with Crippen LogP contribution in [0.2, 0.25) is 0 Å². The molecule has 0 aliphatic heterocycles. The predicted octanol–water partition coefficient (Wildman–Crippen LogP) is 2.07. The molecule has 6 heteroatoms. The van der Waals surface area contributed by atoms with Gasteiger partial charge in [-0.1, -0.05) is 0 Å². The van der Waals surface area contributed by atoms with Gasteiger partial charge in [-0.3, -0.25) is 4.57 Å². The van der Waals surface area contributed by atoms with E-state index in [-0.39, 0.29) is 13.2 Å². The molecule has 0 heterocycles. The third kappa shape index (κ3) is 2.90. The number of hydrogen-bond donors (Lipinski definition) is 0. The molecule has 0 bridgehead atoms. The Hall–Kier alpha value is -0.430. The Morgan fingerprint density at radius 3 is 2.17 bits per heavy atom. The summed E-state index contributed by atoms with van der Waals surface area (Å²) in [6.07, 6.45) is 0. The molecule has 0 aromatic rings. The second-order valence-electron chi connectivity index (χ2n) is 1.84. The molecule has 0 saturated heterocycles. The second-order valence-corrected chi connectivity index (χ2v) is 3.89. The molecule has 0 saturated carbocycles. The summed E-state index contributed by atoms with van der Waals surface area (Å²) < 4.78 is 33.1. The van der Waals surface area contributed by atoms with E-state index in [0.29, 0.717) is 0 Å². The third-order valence-corrected chi connectivity index (χ3v) is 2.91. The Bertz CT molecular complexity index is 205. The van der Waals surface area contributed by atoms with Crippen LogP contribution in [-0.4, -0.2) is 19.1 Å². The highest BCUT2D eigenvalue weighted by Crippen LogP contribution is 2.53. The number of hydrogen-bond acceptors (Lipinski definition) is 4. The summed E-state index contributed by atoms with van der Waals surface area (Å²) in [5.74, 6) is -2.20. The van der Waals surface area contributed by atoms with Crippen LogP contribution in [0.5, 0.6) is 0 Å². The second kappa shape index (κ2) is 5.26. The minimum absolute atomic E-state index is 0.0549. The fourth-order valence-electron chi connectivity index (χ4n) is 0.599. The predicted molar refractivity (Wildman–Crippen MR) is 41.4 cm³/mol. The molecule has 0 aliphatic rings. The molecule has 0 N–H and O–H groups in total. The molecule has 0 aromatic heterocycles. The fraction of sp³-hybridized carbons (Fsp3) is 0.833. The van der Waals surface area contributed by atoms with Crippen LogP contribution < -0.4 is 0 Å². The largest absolute Gasteiger partial charge is 0.379 e. The first-order valence-corrected chi connectivity index (χ1v) is 5.14. The molecule has 4 nitrogen and oxygen atoms in total. The standard InChI is InChI=1S/C6H11FNO3P/c1-3-10-12(9,11-4-2)6(7)5-8/h6H,3-4H2,1-2H3. The van der Waals surface area contributed by atoms with Crippen molar-refractivity contribution < 1.29 is 18.0 Å². The van der Waals surface area contributed by atoms with Crippen molar-refractivity contribution >= 4 is 7.60 Å². The van der Waals surface area contributed by atoms with Crippen molar-refractivity contribution in [2.45, 2.75) is 19.8 Å². The molecular weight excluding hydrogens is 184 g/mol. The topological polar surface area (TPSA) is 59.3 Å². The van der Waals surface area contributed by atoms with Crippen LogP contribution in [-0.2, 0) is 13.6 Å². The molecule has 0 aliphatic carbocycles. The minimum atomic E-state index is -3.84. The maximum atomic E-state index is 12.7. The van der Waals surface area contributed by atoms with Gasteiger partial charge in [0.25, 0.3) is 5.91 Å². The lowest BCUT2D eigenvalue weighted by molar-refractivity contribution is 0.200. The number of nitriles is 1. The molecule has 1 unspecified atom stereocenters. The summed E-state index contributed by atoms with van der Waals surface area (Å²) in [5, 5.41) is 8.17. The van der Waals surface area contributed by atoms with E-state index >= 15 is 0 Å². The average molecular weight is 195 g/mol. The Kier molecular flexibility index (Phi) is 5.07. The minimum Gasteiger partial charge on any atom is -0.306 e. The highest BCUT2D eigenvalue weighted by atomic mass is 31.2. The Labute approximate surface area is 70.8 Å². The first-order valence-electron chi connectivity index (χ1n) is 3.53. The van der Waals surface area contributed by atoms with Crippen molar-refractivity contribution in [2.24, 2.45) is 0 Å². The number of rotatable bonds is 5. The van der Waals surface area contributed by atoms with Gasteiger partial charge >= 0.3 is 7.60 Å². The van der Waals surface area contributed by atoms with Gasteiger partial charge in [-0.2, -0.15) is 5.26 Å². The van der Waals surface area contributed by atoms with E-state index in [9.17, 15) is 8.96 Å². The van der Waals surface area contributed by atoms with Gasteiger partial charge in [0, 0.05) is 0 Å². The normalized spacial score (nSPS) is 13.8. The summed E-state index contributed by atoms with van der Waals surface area (Å²) in [6, 6.07) is 1.20. The number of nitrogens with zero attached hydrogens (tertiary/aromatic N) is 1. The molecule has 0 aromatic carbocycles. The van der Waals surface area contributed by atoms with Crippen molar-refractivity contribution in [3.05, 3.63) is 0 Å². The SMILES string of the molecule is CCOP(=O)(OCC)C(F)C#N. The molecule has 12 heavy (non-hydrogen) atoms. The summed E-state index contributed by atoms with van der Waals surface area (Å²) >= 11 is 0. The van der Waals surface area contributed by atoms with Gasteiger partial charge in [0.15, 0.2) is 0 Å². The maximum Gasteiger partial charge on any atom is 0.379 e. The van der Waals surface area contributed by atoms with Crippen LogP contribution >= 0.6 is 7.60 Å². The fourth-order valence-corrected chi connectivity index (χ4v) is 1.80. The molecule has 0 amide bonds. The van der Waals surface area contributed by atoms with Crippen LogP contribution in [0.3, 0.4) is 0 Å². The summed E-state index contributed by atoms with van der Waals surface area (Å²) in [7, 11) is -3.84. The van der Waals surface area contributed by atoms with Crippen molar-refractivity contribution in [1.29, 1.82) is 5.26 Å². The zero-order valence-electron chi connectivity index (χ0n) is 6.99. The maximum absolute atomic E-state index is 12.7. The van der Waals surface area contributed by atoms with Crippen molar-refractivity contribution in [1.82, 2.24) is 0 Å². The van der Waals surface area contributed by atoms with E-state index in [1.165, 1.54) is 6.07 Å². The summed E-state index contributed by atoms with van der Waals surface area (Å²) in [5.41, 5.74) is 0.